The maximum absolute atomic E-state index is 6.40. The van der Waals surface area contributed by atoms with Crippen molar-refractivity contribution in [3.63, 3.8) is 0 Å². The molecular formula is C54H36N2O. The first kappa shape index (κ1) is 32.8. The molecule has 11 aromatic rings. The average Bonchev–Trinajstić information content (AvgIpc) is 3.84. The summed E-state index contributed by atoms with van der Waals surface area (Å²) in [6.07, 6.45) is 0. The zero-order chi connectivity index (χ0) is 37.7. The third-order valence-corrected chi connectivity index (χ3v) is 11.2. The summed E-state index contributed by atoms with van der Waals surface area (Å²) in [5.74, 6) is 0. The number of nitrogens with zero attached hydrogens (tertiary/aromatic N) is 2. The van der Waals surface area contributed by atoms with Gasteiger partial charge in [-0.15, -0.1) is 0 Å². The third kappa shape index (κ3) is 5.51. The zero-order valence-electron chi connectivity index (χ0n) is 31.1. The van der Waals surface area contributed by atoms with E-state index in [9.17, 15) is 0 Å². The average molecular weight is 729 g/mol. The number of aromatic nitrogens is 1. The van der Waals surface area contributed by atoms with E-state index in [2.05, 4.69) is 222 Å². The van der Waals surface area contributed by atoms with Gasteiger partial charge in [-0.3, -0.25) is 0 Å². The number of benzene rings is 9. The Bertz CT molecular complexity index is 3170. The molecule has 0 aliphatic carbocycles. The summed E-state index contributed by atoms with van der Waals surface area (Å²) >= 11 is 0. The van der Waals surface area contributed by atoms with E-state index >= 15 is 0 Å². The fraction of sp³-hybridized carbons (Fsp3) is 0. The van der Waals surface area contributed by atoms with E-state index in [0.29, 0.717) is 0 Å². The van der Waals surface area contributed by atoms with Crippen molar-refractivity contribution >= 4 is 60.8 Å². The number of para-hydroxylation sites is 5. The number of rotatable bonds is 7. The summed E-state index contributed by atoms with van der Waals surface area (Å²) in [6, 6.07) is 78.1. The monoisotopic (exact) mass is 728 g/mol. The van der Waals surface area contributed by atoms with Gasteiger partial charge in [-0.2, -0.15) is 0 Å². The van der Waals surface area contributed by atoms with Crippen LogP contribution >= 0.6 is 0 Å². The molecule has 9 aromatic carbocycles. The smallest absolute Gasteiger partial charge is 0.136 e. The molecule has 0 saturated heterocycles. The number of hydrogen-bond donors (Lipinski definition) is 0. The molecule has 0 radical (unpaired) electrons. The van der Waals surface area contributed by atoms with E-state index in [1.54, 1.807) is 0 Å². The highest BCUT2D eigenvalue weighted by molar-refractivity contribution is 6.14. The van der Waals surface area contributed by atoms with Gasteiger partial charge in [-0.1, -0.05) is 158 Å². The molecule has 2 aromatic heterocycles. The second kappa shape index (κ2) is 13.6. The molecule has 0 fully saturated rings. The van der Waals surface area contributed by atoms with E-state index in [1.807, 2.05) is 6.07 Å². The van der Waals surface area contributed by atoms with Gasteiger partial charge in [0, 0.05) is 44.0 Å². The third-order valence-electron chi connectivity index (χ3n) is 11.2. The van der Waals surface area contributed by atoms with Gasteiger partial charge in [0.05, 0.1) is 22.4 Å². The maximum atomic E-state index is 6.40. The normalized spacial score (nSPS) is 11.5. The van der Waals surface area contributed by atoms with Crippen LogP contribution in [0.25, 0.3) is 82.8 Å². The first-order chi connectivity index (χ1) is 28.3. The SMILES string of the molecule is c1ccc(-c2ccc(-c3ccccc3N(c3ccc(-n4c5ccccc5c5ccccc54)cc3)c3ccccc3-c3cccc4oc5ccccc5c34)cc2)cc1. The first-order valence-electron chi connectivity index (χ1n) is 19.4. The van der Waals surface area contributed by atoms with Crippen LogP contribution in [-0.2, 0) is 0 Å². The molecule has 2 heterocycles. The summed E-state index contributed by atoms with van der Waals surface area (Å²) < 4.78 is 8.77. The predicted molar refractivity (Wildman–Crippen MR) is 239 cm³/mol. The Hall–Kier alpha value is -7.62. The van der Waals surface area contributed by atoms with Crippen LogP contribution in [0.4, 0.5) is 17.1 Å². The van der Waals surface area contributed by atoms with E-state index in [4.69, 9.17) is 4.42 Å². The number of anilines is 3. The molecule has 0 amide bonds. The van der Waals surface area contributed by atoms with Gasteiger partial charge in [0.2, 0.25) is 0 Å². The van der Waals surface area contributed by atoms with Crippen LogP contribution in [0.5, 0.6) is 0 Å². The molecule has 3 heteroatoms. The number of hydrogen-bond acceptors (Lipinski definition) is 2. The van der Waals surface area contributed by atoms with E-state index in [-0.39, 0.29) is 0 Å². The molecule has 0 aliphatic rings. The molecule has 0 N–H and O–H groups in total. The minimum absolute atomic E-state index is 0.879. The van der Waals surface area contributed by atoms with E-state index < -0.39 is 0 Å². The Balaban J connectivity index is 1.12. The van der Waals surface area contributed by atoms with Crippen LogP contribution in [0.1, 0.15) is 0 Å². The van der Waals surface area contributed by atoms with Gasteiger partial charge < -0.3 is 13.9 Å². The molecule has 0 atom stereocenters. The Morgan fingerprint density at radius 3 is 1.56 bits per heavy atom. The molecule has 0 bridgehead atoms. The van der Waals surface area contributed by atoms with Gasteiger partial charge >= 0.3 is 0 Å². The van der Waals surface area contributed by atoms with Gasteiger partial charge in [-0.05, 0) is 82.9 Å². The second-order valence-corrected chi connectivity index (χ2v) is 14.5. The Morgan fingerprint density at radius 2 is 0.842 bits per heavy atom. The fourth-order valence-corrected chi connectivity index (χ4v) is 8.64. The zero-order valence-corrected chi connectivity index (χ0v) is 31.1. The molecule has 57 heavy (non-hydrogen) atoms. The van der Waals surface area contributed by atoms with Crippen molar-refractivity contribution in [3.05, 3.63) is 218 Å². The Morgan fingerprint density at radius 1 is 0.333 bits per heavy atom. The Labute approximate surface area is 330 Å². The minimum Gasteiger partial charge on any atom is -0.456 e. The topological polar surface area (TPSA) is 21.3 Å². The number of fused-ring (bicyclic) bond motifs is 6. The summed E-state index contributed by atoms with van der Waals surface area (Å²) in [4.78, 5) is 2.42. The quantitative estimate of drug-likeness (QED) is 0.163. The number of furan rings is 1. The lowest BCUT2D eigenvalue weighted by Gasteiger charge is -2.30. The molecule has 0 unspecified atom stereocenters. The molecule has 3 nitrogen and oxygen atoms in total. The molecular weight excluding hydrogens is 693 g/mol. The van der Waals surface area contributed by atoms with Crippen molar-refractivity contribution in [1.82, 2.24) is 4.57 Å². The van der Waals surface area contributed by atoms with Crippen molar-refractivity contribution in [3.8, 4) is 39.1 Å². The lowest BCUT2D eigenvalue weighted by atomic mass is 9.95. The van der Waals surface area contributed by atoms with Gasteiger partial charge in [0.1, 0.15) is 11.2 Å². The molecule has 11 rings (SSSR count). The Kier molecular flexibility index (Phi) is 7.82. The van der Waals surface area contributed by atoms with Gasteiger partial charge in [0.25, 0.3) is 0 Å². The molecule has 0 spiro atoms. The predicted octanol–water partition coefficient (Wildman–Crippen LogP) is 15.2. The van der Waals surface area contributed by atoms with Crippen LogP contribution < -0.4 is 4.90 Å². The van der Waals surface area contributed by atoms with Crippen molar-refractivity contribution in [2.45, 2.75) is 0 Å². The molecule has 0 aliphatic heterocycles. The van der Waals surface area contributed by atoms with Crippen LogP contribution in [-0.4, -0.2) is 4.57 Å². The maximum Gasteiger partial charge on any atom is 0.136 e. The highest BCUT2D eigenvalue weighted by Crippen LogP contribution is 2.47. The van der Waals surface area contributed by atoms with Crippen molar-refractivity contribution in [1.29, 1.82) is 0 Å². The van der Waals surface area contributed by atoms with Crippen LogP contribution in [0, 0.1) is 0 Å². The molecule has 0 saturated carbocycles. The van der Waals surface area contributed by atoms with E-state index in [1.165, 1.54) is 32.9 Å². The van der Waals surface area contributed by atoms with Gasteiger partial charge in [0.15, 0.2) is 0 Å². The van der Waals surface area contributed by atoms with E-state index in [0.717, 1.165) is 66.9 Å². The largest absolute Gasteiger partial charge is 0.456 e. The first-order valence-corrected chi connectivity index (χ1v) is 19.4. The minimum atomic E-state index is 0.879. The van der Waals surface area contributed by atoms with Crippen LogP contribution in [0.3, 0.4) is 0 Å². The van der Waals surface area contributed by atoms with Gasteiger partial charge in [-0.25, -0.2) is 0 Å². The van der Waals surface area contributed by atoms with Crippen LogP contribution in [0.15, 0.2) is 223 Å². The summed E-state index contributed by atoms with van der Waals surface area (Å²) in [5.41, 5.74) is 15.4. The van der Waals surface area contributed by atoms with Crippen molar-refractivity contribution in [2.24, 2.45) is 0 Å². The lowest BCUT2D eigenvalue weighted by Crippen LogP contribution is -2.12. The summed E-state index contributed by atoms with van der Waals surface area (Å²) in [5, 5.41) is 4.73. The summed E-state index contributed by atoms with van der Waals surface area (Å²) in [7, 11) is 0. The highest BCUT2D eigenvalue weighted by Gasteiger charge is 2.23. The highest BCUT2D eigenvalue weighted by atomic mass is 16.3. The van der Waals surface area contributed by atoms with Crippen molar-refractivity contribution < 1.29 is 4.42 Å². The second-order valence-electron chi connectivity index (χ2n) is 14.5. The molecule has 268 valence electrons. The van der Waals surface area contributed by atoms with Crippen molar-refractivity contribution in [2.75, 3.05) is 4.90 Å². The standard InChI is InChI=1S/C54H36N2O/c1-2-15-37(16-3-1)38-29-31-39(32-30-38)42-17-4-9-23-48(42)55(40-33-35-41(36-34-40)56-49-24-10-5-18-43(49)44-19-6-11-25-50(44)56)51-26-12-7-20-45(51)46-22-14-28-53-54(46)47-21-8-13-27-52(47)57-53/h1-36H. The van der Waals surface area contributed by atoms with Crippen LogP contribution in [0.2, 0.25) is 0 Å². The fourth-order valence-electron chi connectivity index (χ4n) is 8.64. The summed E-state index contributed by atoms with van der Waals surface area (Å²) in [6.45, 7) is 0. The lowest BCUT2D eigenvalue weighted by molar-refractivity contribution is 0.669.